The smallest absolute Gasteiger partial charge is 0.0670 e. The van der Waals surface area contributed by atoms with Gasteiger partial charge in [0.1, 0.15) is 0 Å². The fraction of sp³-hybridized carbons (Fsp3) is 1.00. The largest absolute Gasteiger partial charge is 0.380 e. The molecule has 1 aliphatic heterocycles. The Hall–Kier alpha value is -0.120. The van der Waals surface area contributed by atoms with E-state index in [0.29, 0.717) is 18.2 Å². The van der Waals surface area contributed by atoms with Gasteiger partial charge in [0.15, 0.2) is 0 Å². The van der Waals surface area contributed by atoms with E-state index in [-0.39, 0.29) is 0 Å². The second-order valence-electron chi connectivity index (χ2n) is 6.60. The molecule has 3 nitrogen and oxygen atoms in total. The molecule has 0 bridgehead atoms. The summed E-state index contributed by atoms with van der Waals surface area (Å²) in [5.74, 6) is 0.902. The second kappa shape index (κ2) is 7.61. The number of nitrogens with zero attached hydrogens (tertiary/aromatic N) is 1. The van der Waals surface area contributed by atoms with E-state index in [2.05, 4.69) is 24.1 Å². The lowest BCUT2D eigenvalue weighted by Crippen LogP contribution is -2.46. The van der Waals surface area contributed by atoms with Crippen LogP contribution in [0.2, 0.25) is 0 Å². The Balaban J connectivity index is 1.93. The second-order valence-corrected chi connectivity index (χ2v) is 6.60. The van der Waals surface area contributed by atoms with Gasteiger partial charge < -0.3 is 10.1 Å². The first-order valence-corrected chi connectivity index (χ1v) is 8.21. The van der Waals surface area contributed by atoms with Crippen molar-refractivity contribution in [1.29, 1.82) is 0 Å². The van der Waals surface area contributed by atoms with Gasteiger partial charge in [-0.05, 0) is 45.6 Å². The minimum atomic E-state index is 0.340. The molecule has 0 radical (unpaired) electrons. The standard InChI is InChI=1S/C16H32N2O/c1-13-9-10-17-16(15-7-5-4-6-8-15)12-18(13)11-14(2)19-3/h13-17H,4-12H2,1-3H3. The molecular weight excluding hydrogens is 236 g/mol. The van der Waals surface area contributed by atoms with Gasteiger partial charge in [-0.15, -0.1) is 0 Å². The molecular formula is C16H32N2O. The monoisotopic (exact) mass is 268 g/mol. The van der Waals surface area contributed by atoms with Gasteiger partial charge in [-0.2, -0.15) is 0 Å². The average molecular weight is 268 g/mol. The minimum Gasteiger partial charge on any atom is -0.380 e. The maximum atomic E-state index is 5.46. The number of ether oxygens (including phenoxy) is 1. The minimum absolute atomic E-state index is 0.340. The van der Waals surface area contributed by atoms with Crippen LogP contribution in [0, 0.1) is 5.92 Å². The Labute approximate surface area is 119 Å². The molecule has 1 heterocycles. The molecule has 2 aliphatic rings. The molecule has 0 aromatic heterocycles. The summed E-state index contributed by atoms with van der Waals surface area (Å²) < 4.78 is 5.46. The summed E-state index contributed by atoms with van der Waals surface area (Å²) in [4.78, 5) is 2.65. The predicted molar refractivity (Wildman–Crippen MR) is 80.5 cm³/mol. The summed E-state index contributed by atoms with van der Waals surface area (Å²) in [6.45, 7) is 8.01. The third-order valence-corrected chi connectivity index (χ3v) is 5.14. The molecule has 19 heavy (non-hydrogen) atoms. The molecule has 2 fully saturated rings. The Morgan fingerprint density at radius 3 is 2.63 bits per heavy atom. The number of methoxy groups -OCH3 is 1. The van der Waals surface area contributed by atoms with Gasteiger partial charge >= 0.3 is 0 Å². The zero-order valence-corrected chi connectivity index (χ0v) is 13.0. The molecule has 112 valence electrons. The lowest BCUT2D eigenvalue weighted by Gasteiger charge is -2.35. The maximum absolute atomic E-state index is 5.46. The van der Waals surface area contributed by atoms with E-state index in [9.17, 15) is 0 Å². The highest BCUT2D eigenvalue weighted by molar-refractivity contribution is 4.87. The zero-order chi connectivity index (χ0) is 13.7. The van der Waals surface area contributed by atoms with E-state index in [1.165, 1.54) is 51.6 Å². The first-order valence-electron chi connectivity index (χ1n) is 8.21. The third kappa shape index (κ3) is 4.44. The summed E-state index contributed by atoms with van der Waals surface area (Å²) >= 11 is 0. The molecule has 0 aromatic rings. The van der Waals surface area contributed by atoms with E-state index in [4.69, 9.17) is 4.74 Å². The van der Waals surface area contributed by atoms with Gasteiger partial charge in [-0.25, -0.2) is 0 Å². The zero-order valence-electron chi connectivity index (χ0n) is 13.0. The van der Waals surface area contributed by atoms with Crippen LogP contribution in [-0.2, 0) is 4.74 Å². The lowest BCUT2D eigenvalue weighted by atomic mass is 9.83. The van der Waals surface area contributed by atoms with Gasteiger partial charge in [0.2, 0.25) is 0 Å². The van der Waals surface area contributed by atoms with Crippen LogP contribution in [0.3, 0.4) is 0 Å². The number of hydrogen-bond donors (Lipinski definition) is 1. The van der Waals surface area contributed by atoms with Crippen molar-refractivity contribution in [3.8, 4) is 0 Å². The van der Waals surface area contributed by atoms with Crippen LogP contribution < -0.4 is 5.32 Å². The highest BCUT2D eigenvalue weighted by atomic mass is 16.5. The first kappa shape index (κ1) is 15.3. The molecule has 3 atom stereocenters. The van der Waals surface area contributed by atoms with Gasteiger partial charge in [0.05, 0.1) is 6.10 Å². The molecule has 3 heteroatoms. The van der Waals surface area contributed by atoms with Crippen LogP contribution in [0.4, 0.5) is 0 Å². The molecule has 1 N–H and O–H groups in total. The summed E-state index contributed by atoms with van der Waals surface area (Å²) in [6, 6.07) is 1.38. The van der Waals surface area contributed by atoms with Crippen LogP contribution in [-0.4, -0.2) is 49.8 Å². The molecule has 0 amide bonds. The molecule has 0 spiro atoms. The topological polar surface area (TPSA) is 24.5 Å². The van der Waals surface area contributed by atoms with E-state index in [1.807, 2.05) is 7.11 Å². The fourth-order valence-corrected chi connectivity index (χ4v) is 3.67. The van der Waals surface area contributed by atoms with Crippen LogP contribution >= 0.6 is 0 Å². The van der Waals surface area contributed by atoms with Crippen molar-refractivity contribution in [3.63, 3.8) is 0 Å². The van der Waals surface area contributed by atoms with Crippen LogP contribution in [0.25, 0.3) is 0 Å². The first-order chi connectivity index (χ1) is 9.20. The van der Waals surface area contributed by atoms with Crippen LogP contribution in [0.5, 0.6) is 0 Å². The molecule has 1 saturated heterocycles. The fourth-order valence-electron chi connectivity index (χ4n) is 3.67. The van der Waals surface area contributed by atoms with Crippen molar-refractivity contribution in [2.24, 2.45) is 5.92 Å². The summed E-state index contributed by atoms with van der Waals surface area (Å²) in [5.41, 5.74) is 0. The van der Waals surface area contributed by atoms with Crippen LogP contribution in [0.15, 0.2) is 0 Å². The Morgan fingerprint density at radius 2 is 1.95 bits per heavy atom. The Morgan fingerprint density at radius 1 is 1.21 bits per heavy atom. The third-order valence-electron chi connectivity index (χ3n) is 5.14. The van der Waals surface area contributed by atoms with Crippen molar-refractivity contribution < 1.29 is 4.74 Å². The quantitative estimate of drug-likeness (QED) is 0.848. The lowest BCUT2D eigenvalue weighted by molar-refractivity contribution is 0.0579. The van der Waals surface area contributed by atoms with Gasteiger partial charge in [-0.1, -0.05) is 19.3 Å². The highest BCUT2D eigenvalue weighted by Gasteiger charge is 2.29. The molecule has 0 aromatic carbocycles. The summed E-state index contributed by atoms with van der Waals surface area (Å²) in [6.07, 6.45) is 8.79. The highest BCUT2D eigenvalue weighted by Crippen LogP contribution is 2.28. The van der Waals surface area contributed by atoms with E-state index < -0.39 is 0 Å². The Kier molecular flexibility index (Phi) is 6.11. The van der Waals surface area contributed by atoms with Crippen molar-refractivity contribution in [3.05, 3.63) is 0 Å². The number of rotatable bonds is 4. The molecule has 1 aliphatic carbocycles. The van der Waals surface area contributed by atoms with Gasteiger partial charge in [0, 0.05) is 32.3 Å². The summed E-state index contributed by atoms with van der Waals surface area (Å²) in [5, 5.41) is 3.82. The normalized spacial score (nSPS) is 33.0. The van der Waals surface area contributed by atoms with E-state index in [1.54, 1.807) is 0 Å². The molecule has 1 saturated carbocycles. The van der Waals surface area contributed by atoms with Gasteiger partial charge in [-0.3, -0.25) is 4.90 Å². The van der Waals surface area contributed by atoms with Crippen molar-refractivity contribution in [2.45, 2.75) is 70.6 Å². The summed E-state index contributed by atoms with van der Waals surface area (Å²) in [7, 11) is 1.82. The average Bonchev–Trinajstić information content (AvgIpc) is 2.62. The van der Waals surface area contributed by atoms with Crippen molar-refractivity contribution in [1.82, 2.24) is 10.2 Å². The van der Waals surface area contributed by atoms with Gasteiger partial charge in [0.25, 0.3) is 0 Å². The predicted octanol–water partition coefficient (Wildman–Crippen LogP) is 2.65. The van der Waals surface area contributed by atoms with E-state index >= 15 is 0 Å². The molecule has 3 unspecified atom stereocenters. The number of hydrogen-bond acceptors (Lipinski definition) is 3. The van der Waals surface area contributed by atoms with Crippen molar-refractivity contribution >= 4 is 0 Å². The van der Waals surface area contributed by atoms with E-state index in [0.717, 1.165) is 12.5 Å². The van der Waals surface area contributed by atoms with Crippen LogP contribution in [0.1, 0.15) is 52.4 Å². The molecule has 2 rings (SSSR count). The van der Waals surface area contributed by atoms with Crippen molar-refractivity contribution in [2.75, 3.05) is 26.7 Å². The number of nitrogens with one attached hydrogen (secondary N) is 1. The SMILES string of the molecule is COC(C)CN1CC(C2CCCCC2)NCCC1C. The maximum Gasteiger partial charge on any atom is 0.0670 e. The Bertz CT molecular complexity index is 253.